The van der Waals surface area contributed by atoms with Crippen molar-refractivity contribution in [1.82, 2.24) is 15.1 Å². The zero-order valence-electron chi connectivity index (χ0n) is 14.6. The van der Waals surface area contributed by atoms with Gasteiger partial charge in [0.25, 0.3) is 5.91 Å². The van der Waals surface area contributed by atoms with E-state index in [9.17, 15) is 18.7 Å². The van der Waals surface area contributed by atoms with E-state index >= 15 is 0 Å². The summed E-state index contributed by atoms with van der Waals surface area (Å²) in [5, 5.41) is 16.9. The van der Waals surface area contributed by atoms with Crippen LogP contribution < -0.4 is 5.32 Å². The third-order valence-electron chi connectivity index (χ3n) is 5.54. The predicted molar refractivity (Wildman–Crippen MR) is 86.2 cm³/mol. The first-order valence-corrected chi connectivity index (χ1v) is 8.77. The van der Waals surface area contributed by atoms with Gasteiger partial charge in [-0.3, -0.25) is 9.48 Å². The van der Waals surface area contributed by atoms with E-state index in [2.05, 4.69) is 10.4 Å². The Hall–Kier alpha value is -1.54. The first kappa shape index (κ1) is 18.3. The maximum atomic E-state index is 14.6. The van der Waals surface area contributed by atoms with Crippen LogP contribution in [0.4, 0.5) is 8.78 Å². The monoisotopic (exact) mass is 357 g/mol. The van der Waals surface area contributed by atoms with Crippen LogP contribution in [0.25, 0.3) is 0 Å². The summed E-state index contributed by atoms with van der Waals surface area (Å²) >= 11 is 0. The van der Waals surface area contributed by atoms with Gasteiger partial charge in [-0.25, -0.2) is 0 Å². The Morgan fingerprint density at radius 3 is 2.72 bits per heavy atom. The lowest BCUT2D eigenvalue weighted by Crippen LogP contribution is -2.59. The van der Waals surface area contributed by atoms with E-state index < -0.39 is 29.6 Å². The van der Waals surface area contributed by atoms with Crippen molar-refractivity contribution in [3.8, 4) is 0 Å². The number of ether oxygens (including phenoxy) is 1. The summed E-state index contributed by atoms with van der Waals surface area (Å²) in [4.78, 5) is 12.3. The Morgan fingerprint density at radius 2 is 2.12 bits per heavy atom. The van der Waals surface area contributed by atoms with Crippen molar-refractivity contribution in [2.75, 3.05) is 6.61 Å². The number of aromatic nitrogens is 2. The minimum Gasteiger partial charge on any atom is -0.383 e. The molecular weight excluding hydrogens is 332 g/mol. The van der Waals surface area contributed by atoms with Gasteiger partial charge in [0.15, 0.2) is 0 Å². The lowest BCUT2D eigenvalue weighted by atomic mass is 9.79. The molecule has 1 amide bonds. The third-order valence-corrected chi connectivity index (χ3v) is 5.54. The molecule has 1 aromatic rings. The van der Waals surface area contributed by atoms with E-state index in [4.69, 9.17) is 4.74 Å². The van der Waals surface area contributed by atoms with Gasteiger partial charge >= 0.3 is 5.92 Å². The van der Waals surface area contributed by atoms with E-state index in [1.54, 1.807) is 17.9 Å². The van der Waals surface area contributed by atoms with Crippen LogP contribution in [0.3, 0.4) is 0 Å². The molecule has 0 bridgehead atoms. The molecule has 1 saturated carbocycles. The zero-order valence-corrected chi connectivity index (χ0v) is 14.6. The first-order valence-electron chi connectivity index (χ1n) is 8.77. The number of carbonyl (C=O) groups is 1. The molecule has 2 aliphatic rings. The number of alkyl halides is 2. The van der Waals surface area contributed by atoms with Gasteiger partial charge in [0.05, 0.1) is 12.2 Å². The molecule has 1 aliphatic heterocycles. The number of amides is 1. The third kappa shape index (κ3) is 3.17. The number of hydrogen-bond acceptors (Lipinski definition) is 4. The molecule has 3 rings (SSSR count). The predicted octanol–water partition coefficient (Wildman–Crippen LogP) is 2.01. The van der Waals surface area contributed by atoms with Crippen LogP contribution in [0.2, 0.25) is 0 Å². The highest BCUT2D eigenvalue weighted by molar-refractivity contribution is 5.85. The van der Waals surface area contributed by atoms with E-state index in [1.165, 1.54) is 0 Å². The number of halogens is 2. The molecule has 0 radical (unpaired) electrons. The second kappa shape index (κ2) is 6.64. The molecule has 0 unspecified atom stereocenters. The van der Waals surface area contributed by atoms with Gasteiger partial charge in [0.1, 0.15) is 11.7 Å². The molecule has 1 saturated heterocycles. The SMILES string of the molecule is Cc1c([C@H]2OCC[C@@H]2NC(=O)C(F)(F)C2(O)CCCCC2)cnn1C. The number of nitrogens with zero attached hydrogens (tertiary/aromatic N) is 2. The van der Waals surface area contributed by atoms with Crippen molar-refractivity contribution in [3.05, 3.63) is 17.5 Å². The fourth-order valence-corrected chi connectivity index (χ4v) is 3.76. The van der Waals surface area contributed by atoms with Crippen molar-refractivity contribution >= 4 is 5.91 Å². The molecule has 1 aliphatic carbocycles. The van der Waals surface area contributed by atoms with Gasteiger partial charge in [-0.2, -0.15) is 13.9 Å². The molecule has 0 aromatic carbocycles. The molecule has 2 heterocycles. The fourth-order valence-electron chi connectivity index (χ4n) is 3.76. The molecule has 25 heavy (non-hydrogen) atoms. The minimum atomic E-state index is -3.81. The average molecular weight is 357 g/mol. The average Bonchev–Trinajstić information content (AvgIpc) is 3.15. The number of aliphatic hydroxyl groups is 1. The number of nitrogens with one attached hydrogen (secondary N) is 1. The molecule has 2 fully saturated rings. The number of rotatable bonds is 4. The van der Waals surface area contributed by atoms with Crippen molar-refractivity contribution in [2.45, 2.75) is 69.1 Å². The normalized spacial score (nSPS) is 26.6. The van der Waals surface area contributed by atoms with E-state index in [0.29, 0.717) is 25.9 Å². The van der Waals surface area contributed by atoms with Gasteiger partial charge in [-0.1, -0.05) is 19.3 Å². The van der Waals surface area contributed by atoms with Crippen LogP contribution in [0.15, 0.2) is 6.20 Å². The number of hydrogen-bond donors (Lipinski definition) is 2. The first-order chi connectivity index (χ1) is 11.8. The maximum absolute atomic E-state index is 14.6. The summed E-state index contributed by atoms with van der Waals surface area (Å²) in [6.45, 7) is 2.24. The van der Waals surface area contributed by atoms with Crippen molar-refractivity contribution in [3.63, 3.8) is 0 Å². The summed E-state index contributed by atoms with van der Waals surface area (Å²) in [6, 6.07) is -0.562. The largest absolute Gasteiger partial charge is 0.383 e. The van der Waals surface area contributed by atoms with Gasteiger partial charge < -0.3 is 15.2 Å². The Labute approximate surface area is 145 Å². The highest BCUT2D eigenvalue weighted by Crippen LogP contribution is 2.41. The molecular formula is C17H25F2N3O3. The lowest BCUT2D eigenvalue weighted by Gasteiger charge is -2.38. The standard InChI is InChI=1S/C17H25F2N3O3/c1-11-12(10-20-22(11)2)14-13(6-9-25-14)21-15(23)17(18,19)16(24)7-4-3-5-8-16/h10,13-14,24H,3-9H2,1-2H3,(H,21,23)/t13-,14+/m0/s1. The van der Waals surface area contributed by atoms with Crippen molar-refractivity contribution < 1.29 is 23.4 Å². The van der Waals surface area contributed by atoms with Gasteiger partial charge in [-0.15, -0.1) is 0 Å². The summed E-state index contributed by atoms with van der Waals surface area (Å²) in [5.41, 5.74) is -0.608. The highest BCUT2D eigenvalue weighted by Gasteiger charge is 2.58. The van der Waals surface area contributed by atoms with Gasteiger partial charge in [0, 0.05) is 24.9 Å². The van der Waals surface area contributed by atoms with E-state index in [-0.39, 0.29) is 12.8 Å². The molecule has 8 heteroatoms. The van der Waals surface area contributed by atoms with Crippen molar-refractivity contribution in [1.29, 1.82) is 0 Å². The van der Waals surface area contributed by atoms with Crippen LogP contribution in [-0.2, 0) is 16.6 Å². The molecule has 2 N–H and O–H groups in total. The van der Waals surface area contributed by atoms with Crippen LogP contribution in [0.5, 0.6) is 0 Å². The van der Waals surface area contributed by atoms with Gasteiger partial charge in [0.2, 0.25) is 0 Å². The molecule has 0 spiro atoms. The summed E-state index contributed by atoms with van der Waals surface area (Å²) in [7, 11) is 1.79. The maximum Gasteiger partial charge on any atom is 0.352 e. The molecule has 1 aromatic heterocycles. The number of carbonyl (C=O) groups excluding carboxylic acids is 1. The van der Waals surface area contributed by atoms with Crippen LogP contribution in [0.1, 0.15) is 55.9 Å². The Bertz CT molecular complexity index is 641. The second-order valence-corrected chi connectivity index (χ2v) is 7.14. The zero-order chi connectivity index (χ0) is 18.2. The lowest BCUT2D eigenvalue weighted by molar-refractivity contribution is -0.202. The quantitative estimate of drug-likeness (QED) is 0.864. The Morgan fingerprint density at radius 1 is 1.44 bits per heavy atom. The fraction of sp³-hybridized carbons (Fsp3) is 0.765. The Balaban J connectivity index is 1.74. The van der Waals surface area contributed by atoms with Crippen LogP contribution in [0, 0.1) is 6.92 Å². The van der Waals surface area contributed by atoms with Crippen LogP contribution in [-0.4, -0.2) is 45.0 Å². The van der Waals surface area contributed by atoms with Gasteiger partial charge in [-0.05, 0) is 26.2 Å². The summed E-state index contributed by atoms with van der Waals surface area (Å²) in [6.07, 6.45) is 3.27. The van der Waals surface area contributed by atoms with E-state index in [1.807, 2.05) is 6.92 Å². The van der Waals surface area contributed by atoms with Crippen molar-refractivity contribution in [2.24, 2.45) is 7.05 Å². The highest BCUT2D eigenvalue weighted by atomic mass is 19.3. The topological polar surface area (TPSA) is 76.4 Å². The van der Waals surface area contributed by atoms with E-state index in [0.717, 1.165) is 17.7 Å². The smallest absolute Gasteiger partial charge is 0.352 e. The molecule has 140 valence electrons. The number of aryl methyl sites for hydroxylation is 1. The minimum absolute atomic E-state index is 0.0558. The Kier molecular flexibility index (Phi) is 4.85. The molecule has 2 atom stereocenters. The summed E-state index contributed by atoms with van der Waals surface area (Å²) in [5.74, 6) is -5.23. The second-order valence-electron chi connectivity index (χ2n) is 7.14. The molecule has 6 nitrogen and oxygen atoms in total. The summed E-state index contributed by atoms with van der Waals surface area (Å²) < 4.78 is 36.6. The van der Waals surface area contributed by atoms with Crippen LogP contribution >= 0.6 is 0 Å².